The first-order valence-electron chi connectivity index (χ1n) is 3.73. The maximum Gasteiger partial charge on any atom is 0.0672 e. The van der Waals surface area contributed by atoms with Gasteiger partial charge < -0.3 is 9.90 Å². The van der Waals surface area contributed by atoms with Gasteiger partial charge >= 0.3 is 0 Å². The van der Waals surface area contributed by atoms with Crippen LogP contribution in [0.2, 0.25) is 5.02 Å². The molecule has 1 aromatic carbocycles. The monoisotopic (exact) mass is 195 g/mol. The molecule has 0 aliphatic rings. The summed E-state index contributed by atoms with van der Waals surface area (Å²) in [5.74, 6) is -1.21. The minimum atomic E-state index is -1.21. The van der Waals surface area contributed by atoms with E-state index in [1.54, 1.807) is 24.3 Å². The lowest BCUT2D eigenvalue weighted by Crippen LogP contribution is -2.24. The molecule has 0 aliphatic carbocycles. The van der Waals surface area contributed by atoms with Crippen molar-refractivity contribution in [3.63, 3.8) is 0 Å². The summed E-state index contributed by atoms with van der Waals surface area (Å²) in [6, 6.07) is 6.94. The van der Waals surface area contributed by atoms with Crippen molar-refractivity contribution >= 4 is 17.6 Å². The molecule has 0 N–H and O–H groups in total. The molecule has 0 spiro atoms. The van der Waals surface area contributed by atoms with Gasteiger partial charge in [-0.2, -0.15) is 0 Å². The molecule has 1 aromatic rings. The predicted octanol–water partition coefficient (Wildman–Crippen LogP) is 1.19. The van der Waals surface area contributed by atoms with E-state index in [0.717, 1.165) is 5.56 Å². The van der Waals surface area contributed by atoms with Crippen molar-refractivity contribution < 1.29 is 9.90 Å². The van der Waals surface area contributed by atoms with Crippen LogP contribution in [0.4, 0.5) is 0 Å². The van der Waals surface area contributed by atoms with Crippen LogP contribution in [-0.2, 0) is 11.2 Å². The van der Waals surface area contributed by atoms with Gasteiger partial charge in [-0.3, -0.25) is 0 Å². The summed E-state index contributed by atoms with van der Waals surface area (Å²) in [5.41, 5.74) is 0.931. The van der Waals surface area contributed by atoms with Gasteiger partial charge in [0.2, 0.25) is 0 Å². The van der Waals surface area contributed by atoms with E-state index >= 15 is 0 Å². The van der Waals surface area contributed by atoms with Crippen LogP contribution in [0, 0.1) is 0 Å². The Morgan fingerprint density at radius 2 is 1.92 bits per heavy atom. The standard InChI is InChI=1S/C10H9ClO2/c1-7(10(12)13)6-8-2-4-9(11)5-3-8/h2-5H,1,6H2,(H,12,13)/p-1. The number of carbonyl (C=O) groups is 1. The minimum absolute atomic E-state index is 0.0716. The Kier molecular flexibility index (Phi) is 3.09. The lowest BCUT2D eigenvalue weighted by Gasteiger charge is -2.05. The van der Waals surface area contributed by atoms with Crippen molar-refractivity contribution in [1.29, 1.82) is 0 Å². The summed E-state index contributed by atoms with van der Waals surface area (Å²) < 4.78 is 0. The molecule has 13 heavy (non-hydrogen) atoms. The molecular weight excluding hydrogens is 188 g/mol. The molecule has 1 rings (SSSR count). The highest BCUT2D eigenvalue weighted by Gasteiger charge is 1.97. The van der Waals surface area contributed by atoms with E-state index in [0.29, 0.717) is 11.4 Å². The van der Waals surface area contributed by atoms with Gasteiger partial charge in [0.15, 0.2) is 0 Å². The van der Waals surface area contributed by atoms with Gasteiger partial charge in [0.25, 0.3) is 0 Å². The molecule has 0 fully saturated rings. The average Bonchev–Trinajstić information content (AvgIpc) is 2.08. The van der Waals surface area contributed by atoms with Crippen LogP contribution in [0.3, 0.4) is 0 Å². The molecule has 0 saturated heterocycles. The third-order valence-corrected chi connectivity index (χ3v) is 1.87. The molecule has 0 bridgehead atoms. The zero-order chi connectivity index (χ0) is 9.84. The summed E-state index contributed by atoms with van der Waals surface area (Å²) in [4.78, 5) is 10.3. The zero-order valence-corrected chi connectivity index (χ0v) is 7.67. The number of carboxylic acid groups (broad SMARTS) is 1. The molecule has 68 valence electrons. The number of hydrogen-bond acceptors (Lipinski definition) is 2. The van der Waals surface area contributed by atoms with Crippen LogP contribution in [0.1, 0.15) is 5.56 Å². The van der Waals surface area contributed by atoms with Gasteiger partial charge in [-0.05, 0) is 29.7 Å². The number of rotatable bonds is 3. The first-order valence-corrected chi connectivity index (χ1v) is 4.11. The van der Waals surface area contributed by atoms with E-state index in [1.165, 1.54) is 0 Å². The molecule has 0 heterocycles. The van der Waals surface area contributed by atoms with E-state index in [2.05, 4.69) is 6.58 Å². The van der Waals surface area contributed by atoms with Crippen LogP contribution >= 0.6 is 11.6 Å². The van der Waals surface area contributed by atoms with E-state index in [1.807, 2.05) is 0 Å². The second-order valence-electron chi connectivity index (χ2n) is 2.69. The Labute approximate surface area is 81.5 Å². The quantitative estimate of drug-likeness (QED) is 0.680. The van der Waals surface area contributed by atoms with Crippen molar-refractivity contribution in [3.8, 4) is 0 Å². The van der Waals surface area contributed by atoms with Gasteiger partial charge in [-0.25, -0.2) is 0 Å². The largest absolute Gasteiger partial charge is 0.545 e. The summed E-state index contributed by atoms with van der Waals surface area (Å²) in [7, 11) is 0. The molecule has 3 heteroatoms. The molecule has 0 radical (unpaired) electrons. The van der Waals surface area contributed by atoms with Crippen molar-refractivity contribution in [1.82, 2.24) is 0 Å². The maximum absolute atomic E-state index is 10.3. The van der Waals surface area contributed by atoms with E-state index in [4.69, 9.17) is 11.6 Å². The van der Waals surface area contributed by atoms with Gasteiger partial charge in [0.05, 0.1) is 5.97 Å². The second kappa shape index (κ2) is 4.10. The Morgan fingerprint density at radius 3 is 2.38 bits per heavy atom. The first-order chi connectivity index (χ1) is 6.09. The third-order valence-electron chi connectivity index (χ3n) is 1.62. The Bertz CT molecular complexity index is 327. The highest BCUT2D eigenvalue weighted by molar-refractivity contribution is 6.30. The van der Waals surface area contributed by atoms with Crippen molar-refractivity contribution in [2.45, 2.75) is 6.42 Å². The number of carbonyl (C=O) groups excluding carboxylic acids is 1. The molecule has 0 unspecified atom stereocenters. The van der Waals surface area contributed by atoms with Crippen LogP contribution in [-0.4, -0.2) is 5.97 Å². The average molecular weight is 196 g/mol. The fraction of sp³-hybridized carbons (Fsp3) is 0.100. The van der Waals surface area contributed by atoms with Crippen molar-refractivity contribution in [2.24, 2.45) is 0 Å². The van der Waals surface area contributed by atoms with E-state index < -0.39 is 5.97 Å². The maximum atomic E-state index is 10.3. The van der Waals surface area contributed by atoms with Gasteiger partial charge in [-0.15, -0.1) is 0 Å². The van der Waals surface area contributed by atoms with Crippen LogP contribution in [0.25, 0.3) is 0 Å². The third kappa shape index (κ3) is 2.92. The number of carboxylic acids is 1. The number of hydrogen-bond donors (Lipinski definition) is 0. The lowest BCUT2D eigenvalue weighted by atomic mass is 10.1. The highest BCUT2D eigenvalue weighted by Crippen LogP contribution is 2.11. The molecule has 0 aliphatic heterocycles. The molecule has 0 amide bonds. The number of benzene rings is 1. The molecule has 2 nitrogen and oxygen atoms in total. The number of halogens is 1. The Morgan fingerprint density at radius 1 is 1.38 bits per heavy atom. The Hall–Kier alpha value is -1.28. The predicted molar refractivity (Wildman–Crippen MR) is 49.3 cm³/mol. The summed E-state index contributed by atoms with van der Waals surface area (Å²) in [6.07, 6.45) is 0.291. The van der Waals surface area contributed by atoms with Crippen LogP contribution < -0.4 is 5.11 Å². The van der Waals surface area contributed by atoms with Gasteiger partial charge in [-0.1, -0.05) is 30.3 Å². The van der Waals surface area contributed by atoms with Crippen LogP contribution in [0.15, 0.2) is 36.4 Å². The van der Waals surface area contributed by atoms with Crippen LogP contribution in [0.5, 0.6) is 0 Å². The Balaban J connectivity index is 2.70. The minimum Gasteiger partial charge on any atom is -0.545 e. The molecule has 0 atom stereocenters. The smallest absolute Gasteiger partial charge is 0.0672 e. The van der Waals surface area contributed by atoms with Gasteiger partial charge in [0.1, 0.15) is 0 Å². The second-order valence-corrected chi connectivity index (χ2v) is 3.13. The summed E-state index contributed by atoms with van der Waals surface area (Å²) in [5, 5.41) is 11.0. The number of aliphatic carboxylic acids is 1. The van der Waals surface area contributed by atoms with E-state index in [9.17, 15) is 9.90 Å². The molecule has 0 aromatic heterocycles. The zero-order valence-electron chi connectivity index (χ0n) is 6.92. The first kappa shape index (κ1) is 9.81. The van der Waals surface area contributed by atoms with Crippen molar-refractivity contribution in [3.05, 3.63) is 47.0 Å². The SMILES string of the molecule is C=C(Cc1ccc(Cl)cc1)C(=O)[O-]. The normalized spacial score (nSPS) is 9.62. The van der Waals surface area contributed by atoms with E-state index in [-0.39, 0.29) is 5.57 Å². The summed E-state index contributed by atoms with van der Waals surface area (Å²) >= 11 is 5.66. The molecule has 0 saturated carbocycles. The molecular formula is C10H8ClO2-. The lowest BCUT2D eigenvalue weighted by molar-refractivity contribution is -0.299. The van der Waals surface area contributed by atoms with Gasteiger partial charge in [0, 0.05) is 5.02 Å². The highest BCUT2D eigenvalue weighted by atomic mass is 35.5. The summed E-state index contributed by atoms with van der Waals surface area (Å²) in [6.45, 7) is 3.38. The van der Waals surface area contributed by atoms with Crippen molar-refractivity contribution in [2.75, 3.05) is 0 Å². The topological polar surface area (TPSA) is 40.1 Å². The fourth-order valence-electron chi connectivity index (χ4n) is 0.921. The fourth-order valence-corrected chi connectivity index (χ4v) is 1.05.